The molecule has 0 bridgehead atoms. The van der Waals surface area contributed by atoms with E-state index in [4.69, 9.17) is 4.52 Å². The van der Waals surface area contributed by atoms with Gasteiger partial charge >= 0.3 is 0 Å². The van der Waals surface area contributed by atoms with Crippen molar-refractivity contribution in [1.29, 1.82) is 0 Å². The van der Waals surface area contributed by atoms with Gasteiger partial charge in [0.15, 0.2) is 0 Å². The topological polar surface area (TPSA) is 80.9 Å². The van der Waals surface area contributed by atoms with Crippen LogP contribution in [0.3, 0.4) is 0 Å². The van der Waals surface area contributed by atoms with Gasteiger partial charge in [0.25, 0.3) is 5.91 Å². The molecule has 0 spiro atoms. The van der Waals surface area contributed by atoms with Crippen LogP contribution in [0, 0.1) is 6.92 Å². The summed E-state index contributed by atoms with van der Waals surface area (Å²) in [5, 5.41) is 10.0. The zero-order valence-corrected chi connectivity index (χ0v) is 16.8. The first kappa shape index (κ1) is 19.0. The van der Waals surface area contributed by atoms with Crippen LogP contribution in [-0.4, -0.2) is 27.6 Å². The van der Waals surface area contributed by atoms with E-state index >= 15 is 0 Å². The lowest BCUT2D eigenvalue weighted by Gasteiger charge is -2.05. The Labute approximate surface area is 172 Å². The molecule has 7 heteroatoms. The summed E-state index contributed by atoms with van der Waals surface area (Å²) < 4.78 is 5.00. The molecule has 0 saturated heterocycles. The van der Waals surface area contributed by atoms with Crippen molar-refractivity contribution in [3.63, 3.8) is 0 Å². The number of benzene rings is 2. The lowest BCUT2D eigenvalue weighted by molar-refractivity contribution is 0.0953. The van der Waals surface area contributed by atoms with Crippen molar-refractivity contribution in [3.05, 3.63) is 76.4 Å². The average Bonchev–Trinajstić information content (AvgIpc) is 3.41. The fourth-order valence-corrected chi connectivity index (χ4v) is 3.78. The monoisotopic (exact) mass is 404 g/mol. The van der Waals surface area contributed by atoms with Gasteiger partial charge < -0.3 is 9.84 Å². The fraction of sp³-hybridized carbons (Fsp3) is 0.182. The van der Waals surface area contributed by atoms with Gasteiger partial charge in [0, 0.05) is 42.0 Å². The molecule has 0 unspecified atom stereocenters. The Hall–Kier alpha value is -3.32. The largest absolute Gasteiger partial charge is 0.352 e. The normalized spacial score (nSPS) is 10.8. The number of carbonyl (C=O) groups is 1. The minimum absolute atomic E-state index is 0.115. The van der Waals surface area contributed by atoms with E-state index in [2.05, 4.69) is 38.0 Å². The Kier molecular flexibility index (Phi) is 5.76. The summed E-state index contributed by atoms with van der Waals surface area (Å²) in [5.41, 5.74) is 3.46. The predicted octanol–water partition coefficient (Wildman–Crippen LogP) is 4.53. The molecule has 0 aliphatic carbocycles. The first-order chi connectivity index (χ1) is 14.2. The molecule has 146 valence electrons. The average molecular weight is 404 g/mol. The van der Waals surface area contributed by atoms with E-state index in [-0.39, 0.29) is 5.91 Å². The van der Waals surface area contributed by atoms with E-state index in [1.165, 1.54) is 0 Å². The predicted molar refractivity (Wildman–Crippen MR) is 113 cm³/mol. The number of nitrogens with one attached hydrogen (secondary N) is 1. The van der Waals surface area contributed by atoms with Crippen LogP contribution in [0.4, 0.5) is 0 Å². The number of thiazole rings is 1. The molecule has 0 saturated carbocycles. The van der Waals surface area contributed by atoms with Crippen molar-refractivity contribution in [2.45, 2.75) is 19.8 Å². The smallest absolute Gasteiger partial charge is 0.251 e. The molecular formula is C22H20N4O2S. The Bertz CT molecular complexity index is 1100. The van der Waals surface area contributed by atoms with Crippen LogP contribution in [0.5, 0.6) is 0 Å². The minimum Gasteiger partial charge on any atom is -0.352 e. The first-order valence-corrected chi connectivity index (χ1v) is 10.3. The highest BCUT2D eigenvalue weighted by Crippen LogP contribution is 2.22. The van der Waals surface area contributed by atoms with Crippen LogP contribution in [-0.2, 0) is 6.42 Å². The standard InChI is InChI=1S/C22H20N4O2S/c1-15-24-21(26-28-15)17-9-5-10-18(13-17)22(27)23-12-6-11-20-25-19(14-29-20)16-7-3-2-4-8-16/h2-5,7-10,13-14H,6,11-12H2,1H3,(H,23,27). The van der Waals surface area contributed by atoms with E-state index in [9.17, 15) is 4.79 Å². The third-order valence-corrected chi connectivity index (χ3v) is 5.29. The molecular weight excluding hydrogens is 384 g/mol. The van der Waals surface area contributed by atoms with Crippen LogP contribution in [0.15, 0.2) is 64.5 Å². The Morgan fingerprint density at radius 2 is 1.90 bits per heavy atom. The van der Waals surface area contributed by atoms with Crippen molar-refractivity contribution in [3.8, 4) is 22.6 Å². The van der Waals surface area contributed by atoms with Gasteiger partial charge in [0.05, 0.1) is 10.7 Å². The summed E-state index contributed by atoms with van der Waals surface area (Å²) in [7, 11) is 0. The van der Waals surface area contributed by atoms with Gasteiger partial charge in [-0.15, -0.1) is 11.3 Å². The summed E-state index contributed by atoms with van der Waals surface area (Å²) in [6.07, 6.45) is 1.66. The lowest BCUT2D eigenvalue weighted by atomic mass is 10.1. The van der Waals surface area contributed by atoms with E-state index in [1.54, 1.807) is 30.4 Å². The van der Waals surface area contributed by atoms with E-state index in [1.807, 2.05) is 30.3 Å². The van der Waals surface area contributed by atoms with Gasteiger partial charge in [0.2, 0.25) is 11.7 Å². The summed E-state index contributed by atoms with van der Waals surface area (Å²) in [4.78, 5) is 21.3. The maximum Gasteiger partial charge on any atom is 0.251 e. The van der Waals surface area contributed by atoms with Gasteiger partial charge in [-0.1, -0.05) is 47.6 Å². The van der Waals surface area contributed by atoms with Crippen LogP contribution in [0.2, 0.25) is 0 Å². The second kappa shape index (κ2) is 8.79. The molecule has 4 rings (SSSR count). The van der Waals surface area contributed by atoms with Gasteiger partial charge in [0.1, 0.15) is 0 Å². The molecule has 0 atom stereocenters. The highest BCUT2D eigenvalue weighted by atomic mass is 32.1. The Morgan fingerprint density at radius 3 is 2.69 bits per heavy atom. The second-order valence-electron chi connectivity index (χ2n) is 6.57. The summed E-state index contributed by atoms with van der Waals surface area (Å²) in [5.74, 6) is 0.860. The number of aryl methyl sites for hydroxylation is 2. The number of hydrogen-bond acceptors (Lipinski definition) is 6. The zero-order chi connectivity index (χ0) is 20.1. The van der Waals surface area contributed by atoms with Crippen LogP contribution < -0.4 is 5.32 Å². The van der Waals surface area contributed by atoms with Gasteiger partial charge in [-0.05, 0) is 18.6 Å². The zero-order valence-electron chi connectivity index (χ0n) is 16.0. The Balaban J connectivity index is 1.29. The highest BCUT2D eigenvalue weighted by Gasteiger charge is 2.10. The van der Waals surface area contributed by atoms with E-state index in [0.717, 1.165) is 34.7 Å². The van der Waals surface area contributed by atoms with Crippen molar-refractivity contribution in [2.75, 3.05) is 6.54 Å². The molecule has 1 N–H and O–H groups in total. The van der Waals surface area contributed by atoms with Gasteiger partial charge in [-0.2, -0.15) is 4.98 Å². The molecule has 2 heterocycles. The molecule has 0 radical (unpaired) electrons. The fourth-order valence-electron chi connectivity index (χ4n) is 2.93. The third-order valence-electron chi connectivity index (χ3n) is 4.38. The number of aromatic nitrogens is 3. The minimum atomic E-state index is -0.115. The number of nitrogens with zero attached hydrogens (tertiary/aromatic N) is 3. The van der Waals surface area contributed by atoms with Crippen molar-refractivity contribution in [2.24, 2.45) is 0 Å². The third kappa shape index (κ3) is 4.75. The van der Waals surface area contributed by atoms with Gasteiger partial charge in [-0.25, -0.2) is 4.98 Å². The van der Waals surface area contributed by atoms with Crippen molar-refractivity contribution in [1.82, 2.24) is 20.4 Å². The molecule has 1 amide bonds. The quantitative estimate of drug-likeness (QED) is 0.458. The lowest BCUT2D eigenvalue weighted by Crippen LogP contribution is -2.24. The SMILES string of the molecule is Cc1nc(-c2cccc(C(=O)NCCCc3nc(-c4ccccc4)cs3)c2)no1. The molecule has 0 aliphatic rings. The summed E-state index contributed by atoms with van der Waals surface area (Å²) in [6, 6.07) is 17.4. The molecule has 4 aromatic rings. The molecule has 0 fully saturated rings. The van der Waals surface area contributed by atoms with Crippen LogP contribution >= 0.6 is 11.3 Å². The second-order valence-corrected chi connectivity index (χ2v) is 7.51. The van der Waals surface area contributed by atoms with Gasteiger partial charge in [-0.3, -0.25) is 4.79 Å². The number of amides is 1. The summed E-state index contributed by atoms with van der Waals surface area (Å²) in [6.45, 7) is 2.32. The summed E-state index contributed by atoms with van der Waals surface area (Å²) >= 11 is 1.65. The Morgan fingerprint density at radius 1 is 1.07 bits per heavy atom. The number of hydrogen-bond donors (Lipinski definition) is 1. The molecule has 6 nitrogen and oxygen atoms in total. The van der Waals surface area contributed by atoms with Crippen LogP contribution in [0.25, 0.3) is 22.6 Å². The maximum atomic E-state index is 12.4. The van der Waals surface area contributed by atoms with Crippen LogP contribution in [0.1, 0.15) is 27.7 Å². The van der Waals surface area contributed by atoms with E-state index < -0.39 is 0 Å². The first-order valence-electron chi connectivity index (χ1n) is 9.38. The number of rotatable bonds is 7. The highest BCUT2D eigenvalue weighted by molar-refractivity contribution is 7.09. The van der Waals surface area contributed by atoms with Crippen molar-refractivity contribution >= 4 is 17.2 Å². The molecule has 29 heavy (non-hydrogen) atoms. The van der Waals surface area contributed by atoms with E-state index in [0.29, 0.717) is 23.8 Å². The molecule has 0 aliphatic heterocycles. The molecule has 2 aromatic carbocycles. The van der Waals surface area contributed by atoms with Crippen molar-refractivity contribution < 1.29 is 9.32 Å². The number of carbonyl (C=O) groups excluding carboxylic acids is 1. The molecule has 2 aromatic heterocycles. The maximum absolute atomic E-state index is 12.4.